The van der Waals surface area contributed by atoms with Crippen molar-refractivity contribution in [3.05, 3.63) is 143 Å². The fourth-order valence-electron chi connectivity index (χ4n) is 11.7. The largest absolute Gasteiger partial charge is 0.494 e. The molecular weight excluding hydrogens is 1060 g/mol. The molecule has 0 radical (unpaired) electrons. The minimum absolute atomic E-state index is 0.00717. The maximum atomic E-state index is 14.3. The number of piperazine rings is 1. The highest BCUT2D eigenvalue weighted by atomic mass is 16.6. The number of nitrogens with two attached hydrogens (primary N) is 1. The molecule has 5 aliphatic heterocycles. The van der Waals surface area contributed by atoms with Crippen LogP contribution in [-0.4, -0.2) is 148 Å². The first-order valence-electron chi connectivity index (χ1n) is 29.4. The van der Waals surface area contributed by atoms with E-state index in [4.69, 9.17) is 39.4 Å². The molecule has 5 aliphatic rings. The van der Waals surface area contributed by atoms with Crippen molar-refractivity contribution in [3.63, 3.8) is 0 Å². The van der Waals surface area contributed by atoms with Crippen LogP contribution in [0, 0.1) is 11.8 Å². The zero-order valence-corrected chi connectivity index (χ0v) is 49.3. The number of benzene rings is 5. The summed E-state index contributed by atoms with van der Waals surface area (Å²) in [5, 5.41) is 5.91. The number of nitrogens with one attached hydrogen (secondary N) is 2. The summed E-state index contributed by atoms with van der Waals surface area (Å²) < 4.78 is 29.8. The number of methoxy groups -OCH3 is 1. The molecule has 5 aromatic carbocycles. The monoisotopic (exact) mass is 1140 g/mol. The highest BCUT2D eigenvalue weighted by Crippen LogP contribution is 2.38. The van der Waals surface area contributed by atoms with Gasteiger partial charge in [0, 0.05) is 81.0 Å². The average Bonchev–Trinajstić information content (AvgIpc) is 2.82. The number of nitrogens with zero attached hydrogens (tertiary/aromatic N) is 6. The smallest absolute Gasteiger partial charge is 0.412 e. The van der Waals surface area contributed by atoms with Gasteiger partial charge >= 0.3 is 6.09 Å². The van der Waals surface area contributed by atoms with Crippen molar-refractivity contribution in [2.24, 2.45) is 21.8 Å². The second-order valence-electron chi connectivity index (χ2n) is 23.0. The Balaban J connectivity index is 0.648. The number of fused-ring (bicyclic) bond motifs is 2. The Morgan fingerprint density at radius 2 is 1.49 bits per heavy atom. The number of aliphatic imine (C=N–C) groups is 2. The summed E-state index contributed by atoms with van der Waals surface area (Å²) in [7, 11) is 5.45. The van der Waals surface area contributed by atoms with Gasteiger partial charge < -0.3 is 54.8 Å². The molecule has 4 atom stereocenters. The lowest BCUT2D eigenvalue weighted by Gasteiger charge is -2.34. The van der Waals surface area contributed by atoms with Gasteiger partial charge in [0.05, 0.1) is 73.9 Å². The molecule has 84 heavy (non-hydrogen) atoms. The van der Waals surface area contributed by atoms with Crippen molar-refractivity contribution in [3.8, 4) is 17.2 Å². The van der Waals surface area contributed by atoms with Crippen LogP contribution in [0.15, 0.2) is 119 Å². The molecule has 3 amide bonds. The standard InChI is InChI=1S/C66H79N9O9/c1-41(2)62(68-5)59(76)32-43(4)63(77)69-49-17-11-44(12-18-49)40-84-66(79)74-27-30-83-65(74)58-31-42(3)39-75(58)64(78)52-37-60(80-7)61(38-53(52)67)82-29-10-8-9-28-81-51-20-14-45(15-21-51)55-35-48-33-46(16-22-54(48)70-55)56-34-47-13-19-50(36-57(47)71-56)73-25-23-72(6)24-26-73/h11-22,33,36-38,41,43,58,62,65,68H,3,8-10,23-32,34-35,39-40,67H2,1-2,4-7H3,(H,69,77)/t43-,58+,62+,65?/m1/s1. The van der Waals surface area contributed by atoms with Crippen LogP contribution in [0.4, 0.5) is 33.2 Å². The van der Waals surface area contributed by atoms with Crippen LogP contribution < -0.4 is 35.5 Å². The Labute approximate surface area is 493 Å². The van der Waals surface area contributed by atoms with E-state index in [0.29, 0.717) is 42.4 Å². The third-order valence-electron chi connectivity index (χ3n) is 16.6. The molecule has 4 N–H and O–H groups in total. The van der Waals surface area contributed by atoms with Crippen molar-refractivity contribution in [2.75, 3.05) is 96.2 Å². The second-order valence-corrected chi connectivity index (χ2v) is 23.0. The zero-order valence-electron chi connectivity index (χ0n) is 49.3. The van der Waals surface area contributed by atoms with Gasteiger partial charge in [-0.25, -0.2) is 4.79 Å². The molecule has 18 heteroatoms. The van der Waals surface area contributed by atoms with E-state index in [2.05, 4.69) is 82.6 Å². The number of likely N-dealkylation sites (N-methyl/N-ethyl adjacent to an activating group) is 2. The Morgan fingerprint density at radius 1 is 0.774 bits per heavy atom. The quantitative estimate of drug-likeness (QED) is 0.0317. The second kappa shape index (κ2) is 26.7. The van der Waals surface area contributed by atoms with Gasteiger partial charge in [-0.2, -0.15) is 0 Å². The maximum absolute atomic E-state index is 14.3. The number of ether oxygens (including phenoxy) is 5. The van der Waals surface area contributed by atoms with Crippen LogP contribution in [0.25, 0.3) is 0 Å². The summed E-state index contributed by atoms with van der Waals surface area (Å²) in [5.41, 5.74) is 19.3. The SMILES string of the molecule is C=C1C[C@@H](C2OCCN2C(=O)OCc2ccc(NC(=O)[C@H](C)CC(=O)[C@@H](NC)C(C)C)cc2)N(C(=O)c2cc(OC)c(OCCCCCOc3ccc(C4=Nc5ccc(C6=Nc7cc(N8CCN(C)CC8)ccc7C6)cc5C4)cc3)cc2N)C1. The van der Waals surface area contributed by atoms with Crippen LogP contribution in [0.1, 0.15) is 91.1 Å². The van der Waals surface area contributed by atoms with Gasteiger partial charge in [-0.3, -0.25) is 29.3 Å². The van der Waals surface area contributed by atoms with Gasteiger partial charge in [-0.15, -0.1) is 0 Å². The fraction of sp³-hybridized carbons (Fsp3) is 0.424. The normalized spacial score (nSPS) is 18.3. The van der Waals surface area contributed by atoms with E-state index in [1.807, 2.05) is 26.0 Å². The molecule has 5 aromatic rings. The van der Waals surface area contributed by atoms with Crippen molar-refractivity contribution in [1.82, 2.24) is 20.0 Å². The third kappa shape index (κ3) is 13.8. The van der Waals surface area contributed by atoms with Gasteiger partial charge in [0.25, 0.3) is 5.91 Å². The molecule has 18 nitrogen and oxygen atoms in total. The number of nitrogen functional groups attached to an aromatic ring is 1. The van der Waals surface area contributed by atoms with E-state index in [9.17, 15) is 19.2 Å². The summed E-state index contributed by atoms with van der Waals surface area (Å²) in [6.07, 6.45) is 3.24. The maximum Gasteiger partial charge on any atom is 0.412 e. The molecule has 10 rings (SSSR count). The Hall–Kier alpha value is -8.06. The number of Topliss-reactive ketones (excluding diaryl/α,β-unsaturated/α-hetero) is 1. The number of likely N-dealkylation sites (tertiary alicyclic amines) is 1. The third-order valence-corrected chi connectivity index (χ3v) is 16.6. The van der Waals surface area contributed by atoms with Gasteiger partial charge in [-0.1, -0.05) is 57.2 Å². The summed E-state index contributed by atoms with van der Waals surface area (Å²) in [6.45, 7) is 15.8. The molecule has 0 bridgehead atoms. The van der Waals surface area contributed by atoms with E-state index < -0.39 is 24.3 Å². The summed E-state index contributed by atoms with van der Waals surface area (Å²) >= 11 is 0. The Kier molecular flexibility index (Phi) is 18.8. The van der Waals surface area contributed by atoms with E-state index in [1.165, 1.54) is 28.8 Å². The number of ketones is 1. The van der Waals surface area contributed by atoms with Crippen molar-refractivity contribution >= 4 is 63.6 Å². The lowest BCUT2D eigenvalue weighted by atomic mass is 9.93. The Morgan fingerprint density at radius 3 is 2.23 bits per heavy atom. The average molecular weight is 1140 g/mol. The lowest BCUT2D eigenvalue weighted by molar-refractivity contribution is -0.127. The number of rotatable bonds is 23. The van der Waals surface area contributed by atoms with Gasteiger partial charge in [0.2, 0.25) is 5.91 Å². The van der Waals surface area contributed by atoms with Crippen molar-refractivity contribution < 1.29 is 42.9 Å². The number of hydrogen-bond donors (Lipinski definition) is 3. The molecule has 5 heterocycles. The van der Waals surface area contributed by atoms with E-state index in [-0.39, 0.29) is 73.5 Å². The number of hydrogen-bond acceptors (Lipinski definition) is 15. The zero-order chi connectivity index (χ0) is 59.0. The van der Waals surface area contributed by atoms with Gasteiger partial charge in [-0.05, 0) is 140 Å². The Bertz CT molecular complexity index is 3300. The van der Waals surface area contributed by atoms with Crippen LogP contribution in [0.5, 0.6) is 17.2 Å². The van der Waals surface area contributed by atoms with Crippen molar-refractivity contribution in [1.29, 1.82) is 0 Å². The minimum atomic E-state index is -0.779. The lowest BCUT2D eigenvalue weighted by Crippen LogP contribution is -2.50. The number of amides is 3. The summed E-state index contributed by atoms with van der Waals surface area (Å²) in [5.74, 6) is 0.587. The molecule has 1 unspecified atom stereocenters. The van der Waals surface area contributed by atoms with Gasteiger partial charge in [0.1, 0.15) is 12.4 Å². The molecular formula is C66H79N9O9. The minimum Gasteiger partial charge on any atom is -0.494 e. The molecule has 0 saturated carbocycles. The van der Waals surface area contributed by atoms with E-state index in [1.54, 1.807) is 55.3 Å². The fourth-order valence-corrected chi connectivity index (χ4v) is 11.7. The molecule has 442 valence electrons. The number of carbonyl (C=O) groups is 4. The molecule has 3 fully saturated rings. The number of carbonyl (C=O) groups excluding carboxylic acids is 4. The molecule has 0 aliphatic carbocycles. The van der Waals surface area contributed by atoms with Crippen LogP contribution in [0.3, 0.4) is 0 Å². The topological polar surface area (TPSA) is 202 Å². The predicted octanol–water partition coefficient (Wildman–Crippen LogP) is 9.55. The highest BCUT2D eigenvalue weighted by molar-refractivity contribution is 6.10. The first-order valence-corrected chi connectivity index (χ1v) is 29.4. The molecule has 3 saturated heterocycles. The van der Waals surface area contributed by atoms with E-state index >= 15 is 0 Å². The molecule has 0 aromatic heterocycles. The summed E-state index contributed by atoms with van der Waals surface area (Å²) in [4.78, 5) is 71.7. The van der Waals surface area contributed by atoms with Crippen molar-refractivity contribution in [2.45, 2.75) is 90.6 Å². The van der Waals surface area contributed by atoms with Crippen LogP contribution in [0.2, 0.25) is 0 Å². The predicted molar refractivity (Wildman–Crippen MR) is 328 cm³/mol. The molecule has 0 spiro atoms. The highest BCUT2D eigenvalue weighted by Gasteiger charge is 2.45. The van der Waals surface area contributed by atoms with Crippen LogP contribution >= 0.6 is 0 Å². The van der Waals surface area contributed by atoms with E-state index in [0.717, 1.165) is 104 Å². The number of anilines is 3. The summed E-state index contributed by atoms with van der Waals surface area (Å²) in [6, 6.07) is 30.8. The van der Waals surface area contributed by atoms with Crippen LogP contribution in [-0.2, 0) is 38.5 Å². The number of unbranched alkanes of at least 4 members (excludes halogenated alkanes) is 2. The first-order chi connectivity index (χ1) is 40.6. The first kappa shape index (κ1) is 59.1. The van der Waals surface area contributed by atoms with Gasteiger partial charge in [0.15, 0.2) is 23.5 Å².